The van der Waals surface area contributed by atoms with E-state index in [4.69, 9.17) is 0 Å². The first-order valence-electron chi connectivity index (χ1n) is 7.24. The van der Waals surface area contributed by atoms with Crippen LogP contribution in [0, 0.1) is 5.41 Å². The summed E-state index contributed by atoms with van der Waals surface area (Å²) in [5.74, 6) is -0.217. The van der Waals surface area contributed by atoms with Crippen molar-refractivity contribution in [1.29, 1.82) is 0 Å². The van der Waals surface area contributed by atoms with Gasteiger partial charge in [0.1, 0.15) is 0 Å². The number of piperidine rings is 2. The molecule has 2 aliphatic heterocycles. The Morgan fingerprint density at radius 2 is 1.80 bits per heavy atom. The van der Waals surface area contributed by atoms with E-state index in [0.29, 0.717) is 12.8 Å². The van der Waals surface area contributed by atoms with Crippen molar-refractivity contribution in [2.45, 2.75) is 32.2 Å². The third-order valence-electron chi connectivity index (χ3n) is 4.34. The van der Waals surface area contributed by atoms with E-state index in [-0.39, 0.29) is 17.2 Å². The molecule has 20 heavy (non-hydrogen) atoms. The van der Waals surface area contributed by atoms with E-state index in [1.165, 1.54) is 5.56 Å². The summed E-state index contributed by atoms with van der Waals surface area (Å²) in [6.45, 7) is 2.80. The number of likely N-dealkylation sites (tertiary alicyclic amines) is 1. The number of hydrogen-bond acceptors (Lipinski definition) is 3. The molecular weight excluding hydrogens is 252 g/mol. The zero-order valence-corrected chi connectivity index (χ0v) is 11.6. The van der Waals surface area contributed by atoms with E-state index >= 15 is 0 Å². The Hall–Kier alpha value is -1.68. The number of nitrogens with one attached hydrogen (secondary N) is 1. The first kappa shape index (κ1) is 13.3. The second-order valence-corrected chi connectivity index (χ2v) is 6.12. The van der Waals surface area contributed by atoms with Gasteiger partial charge in [-0.25, -0.2) is 0 Å². The van der Waals surface area contributed by atoms with Crippen molar-refractivity contribution in [1.82, 2.24) is 10.2 Å². The minimum absolute atomic E-state index is 0.109. The fourth-order valence-corrected chi connectivity index (χ4v) is 3.56. The molecule has 3 rings (SSSR count). The second-order valence-electron chi connectivity index (χ2n) is 6.12. The summed E-state index contributed by atoms with van der Waals surface area (Å²) in [5, 5.41) is 2.42. The van der Waals surface area contributed by atoms with Gasteiger partial charge in [0.2, 0.25) is 11.8 Å². The number of nitrogens with zero attached hydrogens (tertiary/aromatic N) is 1. The van der Waals surface area contributed by atoms with Crippen molar-refractivity contribution in [3.63, 3.8) is 0 Å². The average Bonchev–Trinajstić information content (AvgIpc) is 2.38. The Balaban J connectivity index is 1.70. The lowest BCUT2D eigenvalue weighted by molar-refractivity contribution is -0.139. The zero-order valence-electron chi connectivity index (χ0n) is 11.6. The third kappa shape index (κ3) is 2.90. The Kier molecular flexibility index (Phi) is 3.57. The highest BCUT2D eigenvalue weighted by Gasteiger charge is 2.42. The topological polar surface area (TPSA) is 49.4 Å². The molecule has 0 bridgehead atoms. The molecule has 2 saturated heterocycles. The van der Waals surface area contributed by atoms with Crippen LogP contribution in [-0.2, 0) is 16.1 Å². The molecule has 1 aromatic carbocycles. The summed E-state index contributed by atoms with van der Waals surface area (Å²) >= 11 is 0. The molecule has 2 fully saturated rings. The van der Waals surface area contributed by atoms with Crippen molar-refractivity contribution >= 4 is 11.8 Å². The lowest BCUT2D eigenvalue weighted by atomic mass is 9.72. The molecule has 0 atom stereocenters. The van der Waals surface area contributed by atoms with Crippen LogP contribution in [0.25, 0.3) is 0 Å². The van der Waals surface area contributed by atoms with Gasteiger partial charge in [-0.2, -0.15) is 0 Å². The van der Waals surface area contributed by atoms with Crippen molar-refractivity contribution in [3.05, 3.63) is 35.9 Å². The third-order valence-corrected chi connectivity index (χ3v) is 4.34. The lowest BCUT2D eigenvalue weighted by Gasteiger charge is -2.44. The molecule has 4 nitrogen and oxygen atoms in total. The number of rotatable bonds is 2. The van der Waals surface area contributed by atoms with Gasteiger partial charge in [-0.1, -0.05) is 30.3 Å². The second kappa shape index (κ2) is 5.37. The van der Waals surface area contributed by atoms with Gasteiger partial charge in [0.05, 0.1) is 0 Å². The Morgan fingerprint density at radius 1 is 1.10 bits per heavy atom. The molecule has 2 heterocycles. The minimum Gasteiger partial charge on any atom is -0.299 e. The molecule has 1 N–H and O–H groups in total. The molecule has 4 heteroatoms. The van der Waals surface area contributed by atoms with E-state index in [0.717, 1.165) is 32.5 Å². The molecule has 0 saturated carbocycles. The van der Waals surface area contributed by atoms with E-state index in [1.54, 1.807) is 0 Å². The Labute approximate surface area is 119 Å². The Morgan fingerprint density at radius 3 is 2.50 bits per heavy atom. The van der Waals surface area contributed by atoms with Crippen LogP contribution >= 0.6 is 0 Å². The van der Waals surface area contributed by atoms with E-state index in [2.05, 4.69) is 22.3 Å². The van der Waals surface area contributed by atoms with Gasteiger partial charge in [-0.3, -0.25) is 19.8 Å². The van der Waals surface area contributed by atoms with Gasteiger partial charge in [0.25, 0.3) is 0 Å². The quantitative estimate of drug-likeness (QED) is 0.834. The maximum atomic E-state index is 11.7. The van der Waals surface area contributed by atoms with Crippen LogP contribution in [0.5, 0.6) is 0 Å². The lowest BCUT2D eigenvalue weighted by Crippen LogP contribution is -2.52. The molecule has 1 spiro atoms. The molecule has 0 aliphatic carbocycles. The zero-order chi connectivity index (χ0) is 14.0. The maximum absolute atomic E-state index is 11.7. The summed E-state index contributed by atoms with van der Waals surface area (Å²) in [7, 11) is 0. The molecule has 2 amide bonds. The fraction of sp³-hybridized carbons (Fsp3) is 0.500. The molecule has 2 aliphatic rings. The smallest absolute Gasteiger partial charge is 0.227 e. The highest BCUT2D eigenvalue weighted by molar-refractivity contribution is 5.98. The maximum Gasteiger partial charge on any atom is 0.227 e. The fourth-order valence-electron chi connectivity index (χ4n) is 3.56. The van der Waals surface area contributed by atoms with Crippen LogP contribution in [0.15, 0.2) is 30.3 Å². The van der Waals surface area contributed by atoms with Crippen LogP contribution in [0.4, 0.5) is 0 Å². The van der Waals surface area contributed by atoms with Crippen molar-refractivity contribution in [3.8, 4) is 0 Å². The van der Waals surface area contributed by atoms with Crippen molar-refractivity contribution in [2.75, 3.05) is 13.1 Å². The normalized spacial score (nSPS) is 22.8. The van der Waals surface area contributed by atoms with Crippen LogP contribution in [-0.4, -0.2) is 29.8 Å². The molecule has 1 aromatic rings. The monoisotopic (exact) mass is 272 g/mol. The summed E-state index contributed by atoms with van der Waals surface area (Å²) in [6, 6.07) is 10.4. The SMILES string of the molecule is O=C1CC2(CCCN(Cc3ccccc3)C2)CC(=O)N1. The van der Waals surface area contributed by atoms with E-state index in [9.17, 15) is 9.59 Å². The van der Waals surface area contributed by atoms with Crippen LogP contribution in [0.3, 0.4) is 0 Å². The standard InChI is InChI=1S/C16H20N2O2/c19-14-9-16(10-15(20)17-14)7-4-8-18(12-16)11-13-5-2-1-3-6-13/h1-3,5-6H,4,7-12H2,(H,17,19,20). The summed E-state index contributed by atoms with van der Waals surface area (Å²) < 4.78 is 0. The largest absolute Gasteiger partial charge is 0.299 e. The highest BCUT2D eigenvalue weighted by atomic mass is 16.2. The van der Waals surface area contributed by atoms with E-state index in [1.807, 2.05) is 18.2 Å². The van der Waals surface area contributed by atoms with Crippen LogP contribution in [0.2, 0.25) is 0 Å². The van der Waals surface area contributed by atoms with Gasteiger partial charge in [-0.15, -0.1) is 0 Å². The molecule has 0 aromatic heterocycles. The first-order valence-corrected chi connectivity index (χ1v) is 7.24. The molecule has 0 unspecified atom stereocenters. The predicted octanol–water partition coefficient (Wildman–Crippen LogP) is 1.71. The number of amides is 2. The molecular formula is C16H20N2O2. The number of hydrogen-bond donors (Lipinski definition) is 1. The van der Waals surface area contributed by atoms with Gasteiger partial charge in [-0.05, 0) is 24.9 Å². The van der Waals surface area contributed by atoms with Gasteiger partial charge in [0, 0.05) is 31.3 Å². The minimum atomic E-state index is -0.132. The van der Waals surface area contributed by atoms with Gasteiger partial charge in [0.15, 0.2) is 0 Å². The first-order chi connectivity index (χ1) is 9.65. The number of carbonyl (C=O) groups excluding carboxylic acids is 2. The van der Waals surface area contributed by atoms with E-state index < -0.39 is 0 Å². The highest BCUT2D eigenvalue weighted by Crippen LogP contribution is 2.39. The molecule has 0 radical (unpaired) electrons. The van der Waals surface area contributed by atoms with Crippen molar-refractivity contribution < 1.29 is 9.59 Å². The number of carbonyl (C=O) groups is 2. The molecule has 106 valence electrons. The van der Waals surface area contributed by atoms with Crippen molar-refractivity contribution in [2.24, 2.45) is 5.41 Å². The number of imide groups is 1. The Bertz CT molecular complexity index is 496. The van der Waals surface area contributed by atoms with Crippen LogP contribution in [0.1, 0.15) is 31.2 Å². The summed E-state index contributed by atoms with van der Waals surface area (Å²) in [5.41, 5.74) is 1.16. The van der Waals surface area contributed by atoms with Gasteiger partial charge < -0.3 is 0 Å². The van der Waals surface area contributed by atoms with Crippen LogP contribution < -0.4 is 5.32 Å². The predicted molar refractivity (Wildman–Crippen MR) is 75.8 cm³/mol. The number of benzene rings is 1. The summed E-state index contributed by atoms with van der Waals surface area (Å²) in [6.07, 6.45) is 3.03. The average molecular weight is 272 g/mol. The summed E-state index contributed by atoms with van der Waals surface area (Å²) in [4.78, 5) is 25.7. The van der Waals surface area contributed by atoms with Gasteiger partial charge >= 0.3 is 0 Å².